The molecule has 2 aromatic heterocycles. The lowest BCUT2D eigenvalue weighted by Gasteiger charge is -2.29. The normalized spacial score (nSPS) is 13.4. The van der Waals surface area contributed by atoms with E-state index in [1.165, 1.54) is 15.5 Å². The highest BCUT2D eigenvalue weighted by Gasteiger charge is 2.24. The van der Waals surface area contributed by atoms with E-state index in [4.69, 9.17) is 4.74 Å². The predicted molar refractivity (Wildman–Crippen MR) is 112 cm³/mol. The molecule has 9 heteroatoms. The molecule has 3 aromatic rings. The largest absolute Gasteiger partial charge is 0.478 e. The molecule has 0 aliphatic carbocycles. The molecule has 0 saturated heterocycles. The van der Waals surface area contributed by atoms with E-state index in [1.807, 2.05) is 18.2 Å². The first-order valence-electron chi connectivity index (χ1n) is 9.57. The number of methoxy groups -OCH3 is 1. The van der Waals surface area contributed by atoms with E-state index in [1.54, 1.807) is 12.0 Å². The van der Waals surface area contributed by atoms with Gasteiger partial charge >= 0.3 is 5.97 Å². The molecule has 0 bridgehead atoms. The molecule has 3 heterocycles. The van der Waals surface area contributed by atoms with Crippen molar-refractivity contribution in [3.8, 4) is 0 Å². The molecule has 1 aromatic carbocycles. The van der Waals surface area contributed by atoms with Gasteiger partial charge in [-0.3, -0.25) is 14.2 Å². The zero-order valence-electron chi connectivity index (χ0n) is 16.5. The third kappa shape index (κ3) is 3.73. The van der Waals surface area contributed by atoms with Crippen LogP contribution in [0.1, 0.15) is 27.3 Å². The fourth-order valence-electron chi connectivity index (χ4n) is 3.71. The molecule has 1 amide bonds. The Morgan fingerprint density at radius 3 is 2.77 bits per heavy atom. The monoisotopic (exact) mass is 427 g/mol. The summed E-state index contributed by atoms with van der Waals surface area (Å²) in [6.07, 6.45) is 1.11. The Balaban J connectivity index is 1.69. The van der Waals surface area contributed by atoms with Crippen molar-refractivity contribution in [2.75, 3.05) is 20.3 Å². The number of hydrogen-bond donors (Lipinski definition) is 1. The van der Waals surface area contributed by atoms with E-state index >= 15 is 0 Å². The van der Waals surface area contributed by atoms with Crippen LogP contribution in [0.25, 0.3) is 10.2 Å². The molecular weight excluding hydrogens is 406 g/mol. The number of rotatable bonds is 6. The molecule has 0 unspecified atom stereocenters. The van der Waals surface area contributed by atoms with Crippen LogP contribution < -0.4 is 5.56 Å². The Morgan fingerprint density at radius 2 is 2.03 bits per heavy atom. The summed E-state index contributed by atoms with van der Waals surface area (Å²) in [6.45, 7) is 1.22. The van der Waals surface area contributed by atoms with E-state index in [2.05, 4.69) is 11.1 Å². The second-order valence-electron chi connectivity index (χ2n) is 7.13. The Kier molecular flexibility index (Phi) is 5.65. The van der Waals surface area contributed by atoms with Crippen LogP contribution in [0.15, 0.2) is 34.4 Å². The molecule has 1 aliphatic heterocycles. The smallest absolute Gasteiger partial charge is 0.337 e. The maximum absolute atomic E-state index is 13.2. The van der Waals surface area contributed by atoms with Gasteiger partial charge in [-0.25, -0.2) is 9.78 Å². The number of carbonyl (C=O) groups excluding carboxylic acids is 1. The Hall–Kier alpha value is -3.04. The number of carbonyl (C=O) groups is 2. The van der Waals surface area contributed by atoms with Crippen molar-refractivity contribution >= 4 is 33.4 Å². The molecule has 0 saturated carbocycles. The van der Waals surface area contributed by atoms with Gasteiger partial charge in [0.15, 0.2) is 0 Å². The predicted octanol–water partition coefficient (Wildman–Crippen LogP) is 1.93. The molecule has 30 heavy (non-hydrogen) atoms. The van der Waals surface area contributed by atoms with Gasteiger partial charge in [-0.05, 0) is 17.5 Å². The zero-order chi connectivity index (χ0) is 21.3. The molecule has 0 radical (unpaired) electrons. The first kappa shape index (κ1) is 20.2. The summed E-state index contributed by atoms with van der Waals surface area (Å²) in [5, 5.41) is 10.9. The topological polar surface area (TPSA) is 102 Å². The number of ether oxygens (including phenoxy) is 1. The highest BCUT2D eigenvalue weighted by Crippen LogP contribution is 2.23. The van der Waals surface area contributed by atoms with Gasteiger partial charge in [0.1, 0.15) is 17.2 Å². The minimum absolute atomic E-state index is 0.0467. The number of hydrogen-bond acceptors (Lipinski definition) is 6. The van der Waals surface area contributed by atoms with Gasteiger partial charge in [0.05, 0.1) is 17.6 Å². The Labute approximate surface area is 176 Å². The minimum atomic E-state index is -1.18. The summed E-state index contributed by atoms with van der Waals surface area (Å²) in [5.74, 6) is -0.965. The highest BCUT2D eigenvalue weighted by molar-refractivity contribution is 7.17. The van der Waals surface area contributed by atoms with Gasteiger partial charge in [-0.2, -0.15) is 0 Å². The number of amides is 1. The van der Waals surface area contributed by atoms with Gasteiger partial charge in [-0.1, -0.05) is 24.3 Å². The van der Waals surface area contributed by atoms with E-state index in [0.29, 0.717) is 36.8 Å². The number of aromatic carboxylic acids is 1. The summed E-state index contributed by atoms with van der Waals surface area (Å²) in [6, 6.07) is 8.00. The Bertz CT molecular complexity index is 1180. The highest BCUT2D eigenvalue weighted by atomic mass is 32.1. The quantitative estimate of drug-likeness (QED) is 0.645. The molecule has 8 nitrogen and oxygen atoms in total. The number of thiophene rings is 1. The van der Waals surface area contributed by atoms with Crippen molar-refractivity contribution in [2.24, 2.45) is 0 Å². The third-order valence-corrected chi connectivity index (χ3v) is 6.18. The van der Waals surface area contributed by atoms with Gasteiger partial charge in [0.25, 0.3) is 5.56 Å². The van der Waals surface area contributed by atoms with Gasteiger partial charge in [-0.15, -0.1) is 11.3 Å². The van der Waals surface area contributed by atoms with Crippen molar-refractivity contribution < 1.29 is 19.4 Å². The molecule has 156 valence electrons. The molecule has 1 aliphatic rings. The van der Waals surface area contributed by atoms with Crippen molar-refractivity contribution in [3.05, 3.63) is 62.5 Å². The molecule has 0 atom stereocenters. The minimum Gasteiger partial charge on any atom is -0.478 e. The lowest BCUT2D eigenvalue weighted by Crippen LogP contribution is -2.40. The van der Waals surface area contributed by atoms with Crippen LogP contribution in [0.2, 0.25) is 0 Å². The van der Waals surface area contributed by atoms with Crippen molar-refractivity contribution in [3.63, 3.8) is 0 Å². The fourth-order valence-corrected chi connectivity index (χ4v) is 4.64. The average molecular weight is 427 g/mol. The third-order valence-electron chi connectivity index (χ3n) is 5.31. The number of carboxylic acids is 1. The lowest BCUT2D eigenvalue weighted by molar-refractivity contribution is -0.132. The van der Waals surface area contributed by atoms with Crippen LogP contribution in [0.4, 0.5) is 0 Å². The first-order chi connectivity index (χ1) is 14.5. The van der Waals surface area contributed by atoms with Crippen molar-refractivity contribution in [2.45, 2.75) is 25.9 Å². The zero-order valence-corrected chi connectivity index (χ0v) is 17.3. The molecule has 0 spiro atoms. The SMILES string of the molecule is COCCc1nc2scc(C(=O)O)c2c(=O)n1CC(=O)N1CCc2ccccc2C1. The molecule has 0 fully saturated rings. The lowest BCUT2D eigenvalue weighted by atomic mass is 10.00. The van der Waals surface area contributed by atoms with Crippen molar-refractivity contribution in [1.82, 2.24) is 14.5 Å². The van der Waals surface area contributed by atoms with Crippen LogP contribution in [0.3, 0.4) is 0 Å². The van der Waals surface area contributed by atoms with Crippen molar-refractivity contribution in [1.29, 1.82) is 0 Å². The summed E-state index contributed by atoms with van der Waals surface area (Å²) < 4.78 is 6.41. The summed E-state index contributed by atoms with van der Waals surface area (Å²) in [7, 11) is 1.55. The summed E-state index contributed by atoms with van der Waals surface area (Å²) in [5.41, 5.74) is 1.74. The van der Waals surface area contributed by atoms with Crippen LogP contribution in [0.5, 0.6) is 0 Å². The Morgan fingerprint density at radius 1 is 1.27 bits per heavy atom. The second kappa shape index (κ2) is 8.37. The number of fused-ring (bicyclic) bond motifs is 2. The number of benzene rings is 1. The van der Waals surface area contributed by atoms with Gasteiger partial charge in [0.2, 0.25) is 5.91 Å². The van der Waals surface area contributed by atoms with Gasteiger partial charge in [0, 0.05) is 32.0 Å². The first-order valence-corrected chi connectivity index (χ1v) is 10.4. The molecular formula is C21H21N3O5S. The van der Waals surface area contributed by atoms with E-state index in [0.717, 1.165) is 23.3 Å². The molecule has 1 N–H and O–H groups in total. The van der Waals surface area contributed by atoms with Crippen LogP contribution in [-0.4, -0.2) is 51.7 Å². The van der Waals surface area contributed by atoms with Crippen LogP contribution >= 0.6 is 11.3 Å². The van der Waals surface area contributed by atoms with Crippen LogP contribution in [-0.2, 0) is 35.5 Å². The summed E-state index contributed by atoms with van der Waals surface area (Å²) in [4.78, 5) is 44.3. The van der Waals surface area contributed by atoms with E-state index in [-0.39, 0.29) is 23.4 Å². The second-order valence-corrected chi connectivity index (χ2v) is 7.99. The van der Waals surface area contributed by atoms with E-state index < -0.39 is 11.5 Å². The van der Waals surface area contributed by atoms with Gasteiger partial charge < -0.3 is 14.7 Å². The standard InChI is InChI=1S/C21H21N3O5S/c1-29-9-7-16-22-19-18(15(12-30-19)21(27)28)20(26)24(16)11-17(25)23-8-6-13-4-2-3-5-14(13)10-23/h2-5,12H,6-11H2,1H3,(H,27,28). The summed E-state index contributed by atoms with van der Waals surface area (Å²) >= 11 is 1.11. The molecule has 4 rings (SSSR count). The maximum atomic E-state index is 13.2. The number of nitrogens with zero attached hydrogens (tertiary/aromatic N) is 3. The van der Waals surface area contributed by atoms with E-state index in [9.17, 15) is 19.5 Å². The number of carboxylic acid groups (broad SMARTS) is 1. The fraction of sp³-hybridized carbons (Fsp3) is 0.333. The number of aromatic nitrogens is 2. The average Bonchev–Trinajstić information content (AvgIpc) is 3.18. The maximum Gasteiger partial charge on any atom is 0.337 e. The van der Waals surface area contributed by atoms with Crippen LogP contribution in [0, 0.1) is 0 Å².